The highest BCUT2D eigenvalue weighted by atomic mass is 35.5. The van der Waals surface area contributed by atoms with Crippen LogP contribution < -0.4 is 5.32 Å². The Morgan fingerprint density at radius 2 is 1.71 bits per heavy atom. The average molecular weight is 314 g/mol. The summed E-state index contributed by atoms with van der Waals surface area (Å²) < 4.78 is 38.7. The molecule has 1 nitrogen and oxygen atoms in total. The second kappa shape index (κ2) is 6.85. The van der Waals surface area contributed by atoms with E-state index in [2.05, 4.69) is 5.32 Å². The molecule has 2 rings (SSSR count). The van der Waals surface area contributed by atoms with E-state index in [0.717, 1.165) is 18.9 Å². The molecule has 0 spiro atoms. The van der Waals surface area contributed by atoms with E-state index in [4.69, 9.17) is 11.6 Å². The fourth-order valence-electron chi connectivity index (χ4n) is 2.07. The Morgan fingerprint density at radius 3 is 2.38 bits per heavy atom. The minimum atomic E-state index is -4.41. The van der Waals surface area contributed by atoms with Crippen LogP contribution in [0, 0.1) is 0 Å². The molecular weight excluding hydrogens is 299 g/mol. The second-order valence-electron chi connectivity index (χ2n) is 4.70. The number of alkyl halides is 3. The summed E-state index contributed by atoms with van der Waals surface area (Å²) in [6, 6.07) is 13.6. The van der Waals surface area contributed by atoms with E-state index >= 15 is 0 Å². The van der Waals surface area contributed by atoms with Crippen LogP contribution in [0.15, 0.2) is 48.5 Å². The maximum atomic E-state index is 12.9. The van der Waals surface area contributed by atoms with Gasteiger partial charge in [-0.3, -0.25) is 0 Å². The van der Waals surface area contributed by atoms with Crippen molar-refractivity contribution < 1.29 is 13.2 Å². The van der Waals surface area contributed by atoms with Crippen molar-refractivity contribution >= 4 is 17.3 Å². The Balaban J connectivity index is 1.94. The van der Waals surface area contributed by atoms with E-state index in [0.29, 0.717) is 6.54 Å². The molecule has 0 aromatic heterocycles. The first-order chi connectivity index (χ1) is 9.97. The third kappa shape index (κ3) is 4.67. The number of halogens is 4. The van der Waals surface area contributed by atoms with Crippen molar-refractivity contribution in [2.24, 2.45) is 0 Å². The van der Waals surface area contributed by atoms with Gasteiger partial charge in [0.05, 0.1) is 5.56 Å². The molecule has 0 atom stereocenters. The molecule has 0 amide bonds. The number of benzene rings is 2. The van der Waals surface area contributed by atoms with Gasteiger partial charge in [-0.15, -0.1) is 0 Å². The van der Waals surface area contributed by atoms with Gasteiger partial charge in [0.15, 0.2) is 0 Å². The van der Waals surface area contributed by atoms with E-state index in [1.165, 1.54) is 17.7 Å². The minimum Gasteiger partial charge on any atom is -0.385 e. The van der Waals surface area contributed by atoms with Crippen LogP contribution in [0.1, 0.15) is 17.5 Å². The Bertz CT molecular complexity index is 582. The van der Waals surface area contributed by atoms with Gasteiger partial charge >= 0.3 is 6.18 Å². The fourth-order valence-corrected chi connectivity index (χ4v) is 2.24. The number of nitrogens with one attached hydrogen (secondary N) is 1. The van der Waals surface area contributed by atoms with Crippen LogP contribution in [-0.4, -0.2) is 6.54 Å². The molecule has 0 unspecified atom stereocenters. The van der Waals surface area contributed by atoms with Crippen LogP contribution >= 0.6 is 11.6 Å². The lowest BCUT2D eigenvalue weighted by atomic mass is 10.1. The topological polar surface area (TPSA) is 12.0 Å². The summed E-state index contributed by atoms with van der Waals surface area (Å²) in [7, 11) is 0. The van der Waals surface area contributed by atoms with Crippen molar-refractivity contribution in [2.75, 3.05) is 11.9 Å². The second-order valence-corrected chi connectivity index (χ2v) is 5.14. The van der Waals surface area contributed by atoms with E-state index in [1.54, 1.807) is 0 Å². The van der Waals surface area contributed by atoms with Crippen molar-refractivity contribution in [2.45, 2.75) is 19.0 Å². The summed E-state index contributed by atoms with van der Waals surface area (Å²) in [6.45, 7) is 0.472. The van der Waals surface area contributed by atoms with Crippen LogP contribution in [0.25, 0.3) is 0 Å². The van der Waals surface area contributed by atoms with Crippen LogP contribution in [0.3, 0.4) is 0 Å². The van der Waals surface area contributed by atoms with Gasteiger partial charge in [0.1, 0.15) is 0 Å². The molecule has 0 aliphatic heterocycles. The van der Waals surface area contributed by atoms with Gasteiger partial charge < -0.3 is 5.32 Å². The molecule has 0 saturated heterocycles. The zero-order chi connectivity index (χ0) is 15.3. The van der Waals surface area contributed by atoms with Crippen molar-refractivity contribution in [3.05, 3.63) is 64.7 Å². The molecule has 0 fully saturated rings. The van der Waals surface area contributed by atoms with Crippen molar-refractivity contribution in [3.63, 3.8) is 0 Å². The maximum absolute atomic E-state index is 12.9. The zero-order valence-electron chi connectivity index (χ0n) is 11.3. The Hall–Kier alpha value is -1.68. The molecule has 0 heterocycles. The molecule has 2 aromatic carbocycles. The highest BCUT2D eigenvalue weighted by molar-refractivity contribution is 6.30. The lowest BCUT2D eigenvalue weighted by molar-refractivity contribution is -0.136. The molecule has 2 aromatic rings. The van der Waals surface area contributed by atoms with Crippen LogP contribution in [0.2, 0.25) is 5.02 Å². The van der Waals surface area contributed by atoms with Gasteiger partial charge in [-0.05, 0) is 36.6 Å². The molecule has 1 N–H and O–H groups in total. The highest BCUT2D eigenvalue weighted by Crippen LogP contribution is 2.36. The first-order valence-electron chi connectivity index (χ1n) is 6.61. The summed E-state index contributed by atoms with van der Waals surface area (Å²) in [6.07, 6.45) is -2.83. The van der Waals surface area contributed by atoms with Gasteiger partial charge in [0.2, 0.25) is 0 Å². The largest absolute Gasteiger partial charge is 0.418 e. The first-order valence-corrected chi connectivity index (χ1v) is 6.99. The van der Waals surface area contributed by atoms with Gasteiger partial charge in [-0.25, -0.2) is 0 Å². The molecule has 0 aliphatic carbocycles. The Kier molecular flexibility index (Phi) is 5.12. The van der Waals surface area contributed by atoms with E-state index in [9.17, 15) is 13.2 Å². The molecule has 112 valence electrons. The van der Waals surface area contributed by atoms with Gasteiger partial charge in [0, 0.05) is 17.3 Å². The van der Waals surface area contributed by atoms with Crippen LogP contribution in [-0.2, 0) is 12.6 Å². The Labute approximate surface area is 126 Å². The maximum Gasteiger partial charge on any atom is 0.418 e. The molecule has 0 aliphatic rings. The third-order valence-corrected chi connectivity index (χ3v) is 3.32. The standard InChI is InChI=1S/C16H15ClF3N/c17-13-8-9-15(14(11-13)16(18,19)20)21-10-4-7-12-5-2-1-3-6-12/h1-3,5-6,8-9,11,21H,4,7,10H2. The zero-order valence-corrected chi connectivity index (χ0v) is 12.0. The molecule has 0 bridgehead atoms. The Morgan fingerprint density at radius 1 is 1.00 bits per heavy atom. The smallest absolute Gasteiger partial charge is 0.385 e. The summed E-state index contributed by atoms with van der Waals surface area (Å²) in [4.78, 5) is 0. The highest BCUT2D eigenvalue weighted by Gasteiger charge is 2.33. The number of anilines is 1. The summed E-state index contributed by atoms with van der Waals surface area (Å²) in [5, 5.41) is 2.92. The number of rotatable bonds is 5. The van der Waals surface area contributed by atoms with Crippen molar-refractivity contribution in [3.8, 4) is 0 Å². The van der Waals surface area contributed by atoms with Crippen molar-refractivity contribution in [1.82, 2.24) is 0 Å². The normalized spacial score (nSPS) is 11.4. The number of hydrogen-bond donors (Lipinski definition) is 1. The summed E-state index contributed by atoms with van der Waals surface area (Å²) >= 11 is 5.64. The predicted octanol–water partition coefficient (Wildman–Crippen LogP) is 5.40. The average Bonchev–Trinajstić information content (AvgIpc) is 2.45. The van der Waals surface area contributed by atoms with Gasteiger partial charge in [-0.1, -0.05) is 41.9 Å². The summed E-state index contributed by atoms with van der Waals surface area (Å²) in [5.74, 6) is 0. The van der Waals surface area contributed by atoms with Gasteiger partial charge in [-0.2, -0.15) is 13.2 Å². The predicted molar refractivity (Wildman–Crippen MR) is 79.7 cm³/mol. The third-order valence-electron chi connectivity index (χ3n) is 3.09. The summed E-state index contributed by atoms with van der Waals surface area (Å²) in [5.41, 5.74) is 0.515. The van der Waals surface area contributed by atoms with E-state index in [1.807, 2.05) is 30.3 Å². The van der Waals surface area contributed by atoms with Crippen molar-refractivity contribution in [1.29, 1.82) is 0 Å². The molecule has 0 saturated carbocycles. The molecular formula is C16H15ClF3N. The van der Waals surface area contributed by atoms with Crippen LogP contribution in [0.5, 0.6) is 0 Å². The quantitative estimate of drug-likeness (QED) is 0.728. The fraction of sp³-hybridized carbons (Fsp3) is 0.250. The monoisotopic (exact) mass is 313 g/mol. The first kappa shape index (κ1) is 15.7. The number of hydrogen-bond acceptors (Lipinski definition) is 1. The molecule has 21 heavy (non-hydrogen) atoms. The van der Waals surface area contributed by atoms with Crippen LogP contribution in [0.4, 0.5) is 18.9 Å². The SMILES string of the molecule is FC(F)(F)c1cc(Cl)ccc1NCCCc1ccccc1. The number of aryl methyl sites for hydroxylation is 1. The van der Waals surface area contributed by atoms with Gasteiger partial charge in [0.25, 0.3) is 0 Å². The molecule has 5 heteroatoms. The lowest BCUT2D eigenvalue weighted by Gasteiger charge is -2.15. The van der Waals surface area contributed by atoms with E-state index < -0.39 is 11.7 Å². The van der Waals surface area contributed by atoms with E-state index in [-0.39, 0.29) is 10.7 Å². The lowest BCUT2D eigenvalue weighted by Crippen LogP contribution is -2.12. The minimum absolute atomic E-state index is 0.0694. The molecule has 0 radical (unpaired) electrons.